The molecule has 0 bridgehead atoms. The Morgan fingerprint density at radius 2 is 1.61 bits per heavy atom. The van der Waals surface area contributed by atoms with Gasteiger partial charge in [-0.2, -0.15) is 0 Å². The largest absolute Gasteiger partial charge is 0.493 e. The van der Waals surface area contributed by atoms with Gasteiger partial charge in [0.25, 0.3) is 11.8 Å². The Bertz CT molecular complexity index is 1380. The van der Waals surface area contributed by atoms with Gasteiger partial charge in [0, 0.05) is 3.57 Å². The quantitative estimate of drug-likeness (QED) is 0.200. The molecule has 1 aliphatic rings. The number of carbonyl (C=O) groups is 3. The molecule has 3 aromatic rings. The number of nitrogens with zero attached hydrogens (tertiary/aromatic N) is 1. The molecule has 4 amide bonds. The number of anilines is 1. The molecular weight excluding hydrogens is 686 g/mol. The van der Waals surface area contributed by atoms with Gasteiger partial charge in [0.1, 0.15) is 12.2 Å². The number of ether oxygens (including phenoxy) is 2. The minimum atomic E-state index is -0.779. The van der Waals surface area contributed by atoms with Gasteiger partial charge in [0.15, 0.2) is 11.5 Å². The van der Waals surface area contributed by atoms with Gasteiger partial charge in [-0.3, -0.25) is 14.9 Å². The number of imide groups is 2. The molecule has 0 atom stereocenters. The summed E-state index contributed by atoms with van der Waals surface area (Å²) in [6, 6.07) is 16.1. The zero-order valence-corrected chi connectivity index (χ0v) is 24.0. The molecule has 0 aliphatic carbocycles. The summed E-state index contributed by atoms with van der Waals surface area (Å²) in [5.74, 6) is -0.421. The number of methoxy groups -OCH3 is 1. The molecule has 1 N–H and O–H groups in total. The zero-order valence-electron chi connectivity index (χ0n) is 19.7. The molecule has 0 aromatic heterocycles. The average Bonchev–Trinajstić information content (AvgIpc) is 2.81. The van der Waals surface area contributed by atoms with Crippen molar-refractivity contribution in [2.24, 2.45) is 0 Å². The first-order chi connectivity index (χ1) is 17.2. The van der Waals surface area contributed by atoms with E-state index in [0.717, 1.165) is 28.7 Å². The van der Waals surface area contributed by atoms with Gasteiger partial charge < -0.3 is 9.47 Å². The lowest BCUT2D eigenvalue weighted by Crippen LogP contribution is -2.54. The molecule has 36 heavy (non-hydrogen) atoms. The highest BCUT2D eigenvalue weighted by molar-refractivity contribution is 14.1. The fraction of sp³-hybridized carbons (Fsp3) is 0.148. The monoisotopic (exact) mass is 708 g/mol. The Morgan fingerprint density at radius 1 is 0.944 bits per heavy atom. The first-order valence-electron chi connectivity index (χ1n) is 10.9. The minimum Gasteiger partial charge on any atom is -0.493 e. The van der Waals surface area contributed by atoms with Crippen LogP contribution in [0.3, 0.4) is 0 Å². The summed E-state index contributed by atoms with van der Waals surface area (Å²) >= 11 is 4.37. The van der Waals surface area contributed by atoms with Crippen molar-refractivity contribution in [1.82, 2.24) is 5.32 Å². The summed E-state index contributed by atoms with van der Waals surface area (Å²) in [6.45, 7) is 4.11. The number of aryl methyl sites for hydroxylation is 2. The molecule has 1 aliphatic heterocycles. The highest BCUT2D eigenvalue weighted by atomic mass is 127. The first-order valence-corrected chi connectivity index (χ1v) is 13.1. The molecule has 1 fully saturated rings. The standard InChI is InChI=1S/C27H22I2N2O5/c1-15-8-16(2)10-20(9-15)31-26(33)21(25(32)30-27(31)34)11-18-12-22(29)24(23(13-18)35-3)36-14-17-4-6-19(28)7-5-17/h4-13H,14H2,1-3H3,(H,30,32,34)/b21-11+. The van der Waals surface area contributed by atoms with Crippen LogP contribution in [-0.2, 0) is 16.2 Å². The van der Waals surface area contributed by atoms with Crippen LogP contribution >= 0.6 is 45.2 Å². The third-order valence-electron chi connectivity index (χ3n) is 5.43. The molecule has 0 unspecified atom stereocenters. The van der Waals surface area contributed by atoms with Crippen molar-refractivity contribution in [2.45, 2.75) is 20.5 Å². The molecule has 1 saturated heterocycles. The van der Waals surface area contributed by atoms with Crippen LogP contribution in [0, 0.1) is 21.0 Å². The first kappa shape index (κ1) is 26.1. The summed E-state index contributed by atoms with van der Waals surface area (Å²) in [4.78, 5) is 39.4. The molecule has 4 rings (SSSR count). The Morgan fingerprint density at radius 3 is 2.25 bits per heavy atom. The van der Waals surface area contributed by atoms with Crippen LogP contribution in [0.1, 0.15) is 22.3 Å². The maximum atomic E-state index is 13.3. The van der Waals surface area contributed by atoms with Gasteiger partial charge in [0.2, 0.25) is 0 Å². The second-order valence-corrected chi connectivity index (χ2v) is 10.7. The number of hydrogen-bond donors (Lipinski definition) is 1. The third kappa shape index (κ3) is 5.72. The van der Waals surface area contributed by atoms with E-state index in [-0.39, 0.29) is 5.57 Å². The van der Waals surface area contributed by atoms with E-state index >= 15 is 0 Å². The second-order valence-electron chi connectivity index (χ2n) is 8.25. The van der Waals surface area contributed by atoms with E-state index in [2.05, 4.69) is 50.5 Å². The van der Waals surface area contributed by atoms with Gasteiger partial charge in [-0.1, -0.05) is 18.2 Å². The topological polar surface area (TPSA) is 84.9 Å². The molecule has 1 heterocycles. The highest BCUT2D eigenvalue weighted by Gasteiger charge is 2.37. The van der Waals surface area contributed by atoms with Crippen LogP contribution in [0.15, 0.2) is 60.2 Å². The fourth-order valence-corrected chi connectivity index (χ4v) is 4.98. The van der Waals surface area contributed by atoms with E-state index in [4.69, 9.17) is 9.47 Å². The molecule has 3 aromatic carbocycles. The smallest absolute Gasteiger partial charge is 0.335 e. The maximum Gasteiger partial charge on any atom is 0.335 e. The van der Waals surface area contributed by atoms with E-state index in [1.807, 2.05) is 44.2 Å². The van der Waals surface area contributed by atoms with Gasteiger partial charge in [0.05, 0.1) is 16.4 Å². The Balaban J connectivity index is 1.65. The summed E-state index contributed by atoms with van der Waals surface area (Å²) < 4.78 is 13.5. The number of amides is 4. The Kier molecular flexibility index (Phi) is 7.98. The number of nitrogens with one attached hydrogen (secondary N) is 1. The van der Waals surface area contributed by atoms with Gasteiger partial charge in [-0.05, 0) is 124 Å². The molecule has 9 heteroatoms. The second kappa shape index (κ2) is 11.0. The van der Waals surface area contributed by atoms with Crippen LogP contribution in [0.5, 0.6) is 11.5 Å². The van der Waals surface area contributed by atoms with Crippen molar-refractivity contribution >= 4 is 74.8 Å². The van der Waals surface area contributed by atoms with Gasteiger partial charge >= 0.3 is 6.03 Å². The van der Waals surface area contributed by atoms with E-state index in [1.54, 1.807) is 24.3 Å². The molecule has 7 nitrogen and oxygen atoms in total. The fourth-order valence-electron chi connectivity index (χ4n) is 3.84. The number of benzene rings is 3. The number of barbiturate groups is 1. The normalized spacial score (nSPS) is 14.8. The minimum absolute atomic E-state index is 0.154. The third-order valence-corrected chi connectivity index (χ3v) is 6.95. The predicted molar refractivity (Wildman–Crippen MR) is 154 cm³/mol. The lowest BCUT2D eigenvalue weighted by Gasteiger charge is -2.27. The molecule has 0 radical (unpaired) electrons. The number of carbonyl (C=O) groups excluding carboxylic acids is 3. The average molecular weight is 708 g/mol. The summed E-state index contributed by atoms with van der Waals surface area (Å²) in [6.07, 6.45) is 1.45. The van der Waals surface area contributed by atoms with Gasteiger partial charge in [-0.25, -0.2) is 9.69 Å². The van der Waals surface area contributed by atoms with Crippen LogP contribution < -0.4 is 19.7 Å². The van der Waals surface area contributed by atoms with Crippen molar-refractivity contribution in [2.75, 3.05) is 12.0 Å². The molecule has 0 saturated carbocycles. The SMILES string of the molecule is COc1cc(/C=C2\C(=O)NC(=O)N(c3cc(C)cc(C)c3)C2=O)cc(I)c1OCc1ccc(I)cc1. The van der Waals surface area contributed by atoms with E-state index in [9.17, 15) is 14.4 Å². The number of urea groups is 1. The van der Waals surface area contributed by atoms with Crippen LogP contribution in [0.25, 0.3) is 6.08 Å². The van der Waals surface area contributed by atoms with Crippen LogP contribution in [0.2, 0.25) is 0 Å². The lowest BCUT2D eigenvalue weighted by molar-refractivity contribution is -0.122. The van der Waals surface area contributed by atoms with Crippen LogP contribution in [0.4, 0.5) is 10.5 Å². The lowest BCUT2D eigenvalue weighted by atomic mass is 10.0. The number of halogens is 2. The predicted octanol–water partition coefficient (Wildman–Crippen LogP) is 5.77. The maximum absolute atomic E-state index is 13.3. The van der Waals surface area contributed by atoms with Gasteiger partial charge in [-0.15, -0.1) is 0 Å². The number of rotatable bonds is 6. The van der Waals surface area contributed by atoms with Crippen molar-refractivity contribution in [1.29, 1.82) is 0 Å². The summed E-state index contributed by atoms with van der Waals surface area (Å²) in [7, 11) is 1.53. The zero-order chi connectivity index (χ0) is 26.0. The van der Waals surface area contributed by atoms with E-state index < -0.39 is 17.8 Å². The van der Waals surface area contributed by atoms with Crippen molar-refractivity contribution < 1.29 is 23.9 Å². The summed E-state index contributed by atoms with van der Waals surface area (Å²) in [5, 5.41) is 2.27. The highest BCUT2D eigenvalue weighted by Crippen LogP contribution is 2.35. The van der Waals surface area contributed by atoms with E-state index in [1.165, 1.54) is 13.2 Å². The molecular formula is C27H22I2N2O5. The number of hydrogen-bond acceptors (Lipinski definition) is 5. The van der Waals surface area contributed by atoms with Crippen LogP contribution in [-0.4, -0.2) is 25.0 Å². The Labute approximate surface area is 236 Å². The summed E-state index contributed by atoms with van der Waals surface area (Å²) in [5.41, 5.74) is 3.62. The molecule has 184 valence electrons. The van der Waals surface area contributed by atoms with Crippen molar-refractivity contribution in [3.63, 3.8) is 0 Å². The Hall–Kier alpha value is -2.93. The van der Waals surface area contributed by atoms with E-state index in [0.29, 0.717) is 29.4 Å². The van der Waals surface area contributed by atoms with Crippen molar-refractivity contribution in [3.8, 4) is 11.5 Å². The van der Waals surface area contributed by atoms with Crippen molar-refractivity contribution in [3.05, 3.63) is 89.6 Å². The molecule has 0 spiro atoms.